The Morgan fingerprint density at radius 1 is 1.19 bits per heavy atom. The molecule has 1 aliphatic rings. The summed E-state index contributed by atoms with van der Waals surface area (Å²) in [6.45, 7) is 0.440. The van der Waals surface area contributed by atoms with E-state index in [0.29, 0.717) is 27.8 Å². The molecule has 0 unspecified atom stereocenters. The largest absolute Gasteiger partial charge is 0.480 e. The van der Waals surface area contributed by atoms with E-state index in [1.807, 2.05) is 24.3 Å². The predicted octanol–water partition coefficient (Wildman–Crippen LogP) is 3.12. The molecule has 0 spiro atoms. The topological polar surface area (TPSA) is 104 Å². The summed E-state index contributed by atoms with van der Waals surface area (Å²) in [7, 11) is 0. The molecule has 0 saturated carbocycles. The van der Waals surface area contributed by atoms with Gasteiger partial charge in [-0.1, -0.05) is 47.5 Å². The van der Waals surface area contributed by atoms with Crippen molar-refractivity contribution in [2.24, 2.45) is 5.73 Å². The summed E-state index contributed by atoms with van der Waals surface area (Å²) in [5.41, 5.74) is 8.57. The summed E-state index contributed by atoms with van der Waals surface area (Å²) in [5, 5.41) is 16.0. The molecule has 27 heavy (non-hydrogen) atoms. The normalized spacial score (nSPS) is 18.3. The molecule has 2 atom stereocenters. The van der Waals surface area contributed by atoms with Crippen LogP contribution in [0.2, 0.25) is 10.0 Å². The van der Waals surface area contributed by atoms with Crippen LogP contribution in [0.25, 0.3) is 0 Å². The fourth-order valence-corrected chi connectivity index (χ4v) is 3.80. The fourth-order valence-electron chi connectivity index (χ4n) is 3.18. The van der Waals surface area contributed by atoms with E-state index >= 15 is 0 Å². The Bertz CT molecular complexity index is 871. The molecular formula is C19H19Cl2N3O3. The second kappa shape index (κ2) is 8.17. The zero-order chi connectivity index (χ0) is 19.6. The van der Waals surface area contributed by atoms with E-state index in [-0.39, 0.29) is 18.7 Å². The van der Waals surface area contributed by atoms with Gasteiger partial charge in [0.1, 0.15) is 6.04 Å². The maximum atomic E-state index is 12.5. The summed E-state index contributed by atoms with van der Waals surface area (Å²) in [6.07, 6.45) is 0.356. The van der Waals surface area contributed by atoms with Crippen LogP contribution in [-0.2, 0) is 22.6 Å². The zero-order valence-corrected chi connectivity index (χ0v) is 15.8. The van der Waals surface area contributed by atoms with Crippen molar-refractivity contribution >= 4 is 40.8 Å². The van der Waals surface area contributed by atoms with Gasteiger partial charge in [0.2, 0.25) is 5.91 Å². The summed E-state index contributed by atoms with van der Waals surface area (Å²) < 4.78 is 0. The first-order valence-electron chi connectivity index (χ1n) is 8.43. The number of hydrogen-bond acceptors (Lipinski definition) is 4. The zero-order valence-electron chi connectivity index (χ0n) is 14.3. The van der Waals surface area contributed by atoms with Crippen molar-refractivity contribution in [3.63, 3.8) is 0 Å². The molecule has 0 aromatic heterocycles. The van der Waals surface area contributed by atoms with Gasteiger partial charge in [-0.3, -0.25) is 4.79 Å². The molecule has 0 fully saturated rings. The van der Waals surface area contributed by atoms with Crippen LogP contribution in [0.3, 0.4) is 0 Å². The fraction of sp³-hybridized carbons (Fsp3) is 0.263. The van der Waals surface area contributed by atoms with Crippen molar-refractivity contribution in [1.82, 2.24) is 5.32 Å². The number of halogens is 2. The second-order valence-electron chi connectivity index (χ2n) is 6.44. The minimum Gasteiger partial charge on any atom is -0.480 e. The quantitative estimate of drug-likeness (QED) is 0.609. The number of aliphatic carboxylic acids is 1. The smallest absolute Gasteiger partial charge is 0.326 e. The minimum atomic E-state index is -1.01. The Balaban J connectivity index is 1.80. The van der Waals surface area contributed by atoms with Crippen LogP contribution in [0.4, 0.5) is 5.69 Å². The van der Waals surface area contributed by atoms with Crippen LogP contribution in [0, 0.1) is 0 Å². The number of carbonyl (C=O) groups excluding carboxylic acids is 1. The van der Waals surface area contributed by atoms with Crippen molar-refractivity contribution < 1.29 is 14.7 Å². The Morgan fingerprint density at radius 2 is 1.85 bits per heavy atom. The number of carbonyl (C=O) groups is 2. The number of benzene rings is 2. The van der Waals surface area contributed by atoms with Crippen LogP contribution in [0.1, 0.15) is 29.2 Å². The van der Waals surface area contributed by atoms with Gasteiger partial charge in [0, 0.05) is 34.3 Å². The minimum absolute atomic E-state index is 0.174. The van der Waals surface area contributed by atoms with Crippen molar-refractivity contribution in [2.75, 3.05) is 5.32 Å². The van der Waals surface area contributed by atoms with Crippen molar-refractivity contribution in [1.29, 1.82) is 0 Å². The first kappa shape index (κ1) is 19.5. The van der Waals surface area contributed by atoms with Crippen LogP contribution in [-0.4, -0.2) is 23.0 Å². The van der Waals surface area contributed by atoms with Crippen molar-refractivity contribution in [3.8, 4) is 0 Å². The highest BCUT2D eigenvalue weighted by atomic mass is 35.5. The SMILES string of the molecule is NCc1ccc(CC(=O)N[C@H]2C[C@H](C(=O)O)Nc3cc(Cl)cc(Cl)c32)cc1. The number of fused-ring (bicyclic) bond motifs is 1. The Kier molecular flexibility index (Phi) is 5.89. The maximum Gasteiger partial charge on any atom is 0.326 e. The molecule has 1 aliphatic heterocycles. The number of nitrogens with two attached hydrogens (primary N) is 1. The monoisotopic (exact) mass is 407 g/mol. The molecule has 142 valence electrons. The number of anilines is 1. The van der Waals surface area contributed by atoms with E-state index in [1.165, 1.54) is 0 Å². The molecule has 0 radical (unpaired) electrons. The lowest BCUT2D eigenvalue weighted by molar-refractivity contribution is -0.138. The maximum absolute atomic E-state index is 12.5. The van der Waals surface area contributed by atoms with E-state index in [2.05, 4.69) is 10.6 Å². The highest BCUT2D eigenvalue weighted by molar-refractivity contribution is 6.35. The van der Waals surface area contributed by atoms with E-state index in [0.717, 1.165) is 11.1 Å². The second-order valence-corrected chi connectivity index (χ2v) is 7.28. The molecule has 3 rings (SSSR count). The van der Waals surface area contributed by atoms with Gasteiger partial charge >= 0.3 is 5.97 Å². The molecule has 1 heterocycles. The van der Waals surface area contributed by atoms with Gasteiger partial charge in [-0.2, -0.15) is 0 Å². The third kappa shape index (κ3) is 4.53. The van der Waals surface area contributed by atoms with Gasteiger partial charge in [0.05, 0.1) is 12.5 Å². The Hall–Kier alpha value is -2.28. The third-order valence-corrected chi connectivity index (χ3v) is 5.03. The Morgan fingerprint density at radius 3 is 2.48 bits per heavy atom. The van der Waals surface area contributed by atoms with Gasteiger partial charge < -0.3 is 21.5 Å². The van der Waals surface area contributed by atoms with E-state index < -0.39 is 18.1 Å². The average Bonchev–Trinajstić information content (AvgIpc) is 2.61. The van der Waals surface area contributed by atoms with Crippen LogP contribution < -0.4 is 16.4 Å². The number of hydrogen-bond donors (Lipinski definition) is 4. The standard InChI is InChI=1S/C19H19Cl2N3O3/c20-12-6-13(21)18-14(7-12)23-16(19(26)27)8-15(18)24-17(25)5-10-1-3-11(9-22)4-2-10/h1-4,6-7,15-16,23H,5,8-9,22H2,(H,24,25)(H,26,27)/t15-,16+/m0/s1. The third-order valence-electron chi connectivity index (χ3n) is 4.50. The van der Waals surface area contributed by atoms with Crippen LogP contribution in [0.5, 0.6) is 0 Å². The highest BCUT2D eigenvalue weighted by Crippen LogP contribution is 2.39. The molecule has 2 aromatic rings. The van der Waals surface area contributed by atoms with Crippen molar-refractivity contribution in [2.45, 2.75) is 31.5 Å². The number of amides is 1. The summed E-state index contributed by atoms with van der Waals surface area (Å²) in [5.74, 6) is -1.23. The van der Waals surface area contributed by atoms with Gasteiger partial charge in [0.25, 0.3) is 0 Å². The van der Waals surface area contributed by atoms with Gasteiger partial charge in [-0.15, -0.1) is 0 Å². The lowest BCUT2D eigenvalue weighted by Gasteiger charge is -2.32. The van der Waals surface area contributed by atoms with Gasteiger partial charge in [0.15, 0.2) is 0 Å². The van der Waals surface area contributed by atoms with E-state index in [9.17, 15) is 14.7 Å². The van der Waals surface area contributed by atoms with Crippen molar-refractivity contribution in [3.05, 3.63) is 63.1 Å². The van der Waals surface area contributed by atoms with Crippen LogP contribution in [0.15, 0.2) is 36.4 Å². The van der Waals surface area contributed by atoms with Gasteiger partial charge in [-0.25, -0.2) is 4.79 Å². The molecule has 0 aliphatic carbocycles. The lowest BCUT2D eigenvalue weighted by Crippen LogP contribution is -2.41. The molecule has 5 N–H and O–H groups in total. The highest BCUT2D eigenvalue weighted by Gasteiger charge is 2.33. The number of carboxylic acids is 1. The van der Waals surface area contributed by atoms with Crippen LogP contribution >= 0.6 is 23.2 Å². The molecule has 0 saturated heterocycles. The summed E-state index contributed by atoms with van der Waals surface area (Å²) >= 11 is 12.3. The van der Waals surface area contributed by atoms with E-state index in [4.69, 9.17) is 28.9 Å². The molecule has 2 aromatic carbocycles. The predicted molar refractivity (Wildman–Crippen MR) is 105 cm³/mol. The molecule has 0 bridgehead atoms. The first-order chi connectivity index (χ1) is 12.9. The molecule has 6 nitrogen and oxygen atoms in total. The van der Waals surface area contributed by atoms with E-state index in [1.54, 1.807) is 12.1 Å². The number of carboxylic acid groups (broad SMARTS) is 1. The first-order valence-corrected chi connectivity index (χ1v) is 9.18. The Labute approximate surface area is 166 Å². The molecular weight excluding hydrogens is 389 g/mol. The summed E-state index contributed by atoms with van der Waals surface area (Å²) in [4.78, 5) is 24.0. The molecule has 8 heteroatoms. The average molecular weight is 408 g/mol. The van der Waals surface area contributed by atoms with Gasteiger partial charge in [-0.05, 0) is 23.3 Å². The summed E-state index contributed by atoms with van der Waals surface area (Å²) in [6, 6.07) is 9.28. The number of rotatable bonds is 5. The number of nitrogens with one attached hydrogen (secondary N) is 2. The molecule has 1 amide bonds. The lowest BCUT2D eigenvalue weighted by atomic mass is 9.92.